The van der Waals surface area contributed by atoms with Gasteiger partial charge in [-0.2, -0.15) is 0 Å². The number of benzene rings is 1. The fourth-order valence-corrected chi connectivity index (χ4v) is 3.03. The van der Waals surface area contributed by atoms with Crippen molar-refractivity contribution in [3.05, 3.63) is 24.3 Å². The molecule has 3 N–H and O–H groups in total. The molecule has 0 saturated carbocycles. The first-order chi connectivity index (χ1) is 10.6. The van der Waals surface area contributed by atoms with Crippen molar-refractivity contribution >= 4 is 11.6 Å². The Balaban J connectivity index is 1.78. The molecule has 5 nitrogen and oxygen atoms in total. The topological polar surface area (TPSA) is 57.0 Å². The molecule has 1 atom stereocenters. The van der Waals surface area contributed by atoms with Crippen LogP contribution in [0.2, 0.25) is 0 Å². The van der Waals surface area contributed by atoms with E-state index >= 15 is 0 Å². The van der Waals surface area contributed by atoms with Gasteiger partial charge in [0.2, 0.25) is 0 Å². The summed E-state index contributed by atoms with van der Waals surface area (Å²) >= 11 is 0. The van der Waals surface area contributed by atoms with Gasteiger partial charge in [0, 0.05) is 6.04 Å². The van der Waals surface area contributed by atoms with E-state index in [1.54, 1.807) is 6.07 Å². The van der Waals surface area contributed by atoms with Crippen molar-refractivity contribution in [1.82, 2.24) is 5.32 Å². The molecule has 0 radical (unpaired) electrons. The second-order valence-corrected chi connectivity index (χ2v) is 6.16. The molecule has 1 fully saturated rings. The SMILES string of the molecule is CCC[C@@H](C)NC(=O)C[NH+]1CCN(c2ccccc2O)CC1. The number of hydrogen-bond donors (Lipinski definition) is 3. The van der Waals surface area contributed by atoms with Crippen LogP contribution >= 0.6 is 0 Å². The molecule has 0 aliphatic carbocycles. The van der Waals surface area contributed by atoms with Crippen LogP contribution in [0.15, 0.2) is 24.3 Å². The highest BCUT2D eigenvalue weighted by Crippen LogP contribution is 2.25. The number of amides is 1. The van der Waals surface area contributed by atoms with Crippen LogP contribution in [-0.4, -0.2) is 49.8 Å². The van der Waals surface area contributed by atoms with Crippen LogP contribution in [0.1, 0.15) is 26.7 Å². The summed E-state index contributed by atoms with van der Waals surface area (Å²) in [6.45, 7) is 8.31. The summed E-state index contributed by atoms with van der Waals surface area (Å²) in [4.78, 5) is 15.5. The Hall–Kier alpha value is -1.75. The van der Waals surface area contributed by atoms with Crippen LogP contribution < -0.4 is 15.1 Å². The van der Waals surface area contributed by atoms with Gasteiger partial charge in [0.1, 0.15) is 5.75 Å². The van der Waals surface area contributed by atoms with Gasteiger partial charge < -0.3 is 20.2 Å². The van der Waals surface area contributed by atoms with Crippen molar-refractivity contribution in [2.24, 2.45) is 0 Å². The Kier molecular flexibility index (Phi) is 6.07. The fraction of sp³-hybridized carbons (Fsp3) is 0.588. The fourth-order valence-electron chi connectivity index (χ4n) is 3.03. The normalized spacial score (nSPS) is 17.3. The quantitative estimate of drug-likeness (QED) is 0.713. The molecule has 2 rings (SSSR count). The largest absolute Gasteiger partial charge is 0.506 e. The Morgan fingerprint density at radius 2 is 2.05 bits per heavy atom. The average Bonchev–Trinajstić information content (AvgIpc) is 2.49. The number of hydrogen-bond acceptors (Lipinski definition) is 3. The van der Waals surface area contributed by atoms with Crippen molar-refractivity contribution in [2.75, 3.05) is 37.6 Å². The Morgan fingerprint density at radius 3 is 2.68 bits per heavy atom. The maximum atomic E-state index is 12.0. The van der Waals surface area contributed by atoms with Crippen LogP contribution in [0.25, 0.3) is 0 Å². The number of carbonyl (C=O) groups excluding carboxylic acids is 1. The molecule has 1 aliphatic heterocycles. The molecule has 1 aliphatic rings. The third-order valence-electron chi connectivity index (χ3n) is 4.23. The van der Waals surface area contributed by atoms with Gasteiger partial charge in [-0.25, -0.2) is 0 Å². The molecule has 5 heteroatoms. The standard InChI is InChI=1S/C17H27N3O2/c1-3-6-14(2)18-17(22)13-19-9-11-20(12-10-19)15-7-4-5-8-16(15)21/h4-5,7-8,14,21H,3,6,9-13H2,1-2H3,(H,18,22)/p+1/t14-/m1/s1. The number of rotatable bonds is 6. The molecule has 1 heterocycles. The smallest absolute Gasteiger partial charge is 0.275 e. The first kappa shape index (κ1) is 16.6. The molecular formula is C17H28N3O2+. The van der Waals surface area contributed by atoms with E-state index < -0.39 is 0 Å². The van der Waals surface area contributed by atoms with Crippen LogP contribution in [0, 0.1) is 0 Å². The second kappa shape index (κ2) is 8.03. The number of para-hydroxylation sites is 2. The molecule has 0 spiro atoms. The number of nitrogens with one attached hydrogen (secondary N) is 2. The number of piperazine rings is 1. The number of anilines is 1. The van der Waals surface area contributed by atoms with Crippen molar-refractivity contribution in [3.8, 4) is 5.75 Å². The van der Waals surface area contributed by atoms with Gasteiger partial charge in [-0.15, -0.1) is 0 Å². The summed E-state index contributed by atoms with van der Waals surface area (Å²) < 4.78 is 0. The monoisotopic (exact) mass is 306 g/mol. The molecule has 0 aromatic heterocycles. The van der Waals surface area contributed by atoms with E-state index in [9.17, 15) is 9.90 Å². The minimum atomic E-state index is 0.145. The van der Waals surface area contributed by atoms with Crippen LogP contribution in [0.3, 0.4) is 0 Å². The molecule has 1 aromatic rings. The van der Waals surface area contributed by atoms with Crippen LogP contribution in [0.4, 0.5) is 5.69 Å². The van der Waals surface area contributed by atoms with Gasteiger partial charge in [-0.05, 0) is 25.5 Å². The molecule has 0 bridgehead atoms. The van der Waals surface area contributed by atoms with Gasteiger partial charge in [0.05, 0.1) is 31.9 Å². The van der Waals surface area contributed by atoms with E-state index in [2.05, 4.69) is 24.1 Å². The van der Waals surface area contributed by atoms with E-state index in [-0.39, 0.29) is 11.9 Å². The zero-order valence-corrected chi connectivity index (χ0v) is 13.6. The van der Waals surface area contributed by atoms with E-state index in [0.29, 0.717) is 12.3 Å². The minimum Gasteiger partial charge on any atom is -0.506 e. The second-order valence-electron chi connectivity index (χ2n) is 6.16. The summed E-state index contributed by atoms with van der Waals surface area (Å²) in [6, 6.07) is 7.70. The minimum absolute atomic E-state index is 0.145. The maximum absolute atomic E-state index is 12.0. The number of aromatic hydroxyl groups is 1. The van der Waals surface area contributed by atoms with Gasteiger partial charge in [0.25, 0.3) is 5.91 Å². The highest BCUT2D eigenvalue weighted by Gasteiger charge is 2.23. The lowest BCUT2D eigenvalue weighted by Crippen LogP contribution is -3.16. The Morgan fingerprint density at radius 1 is 1.36 bits per heavy atom. The Bertz CT molecular complexity index is 485. The molecule has 22 heavy (non-hydrogen) atoms. The number of nitrogens with zero attached hydrogens (tertiary/aromatic N) is 1. The summed E-state index contributed by atoms with van der Waals surface area (Å²) in [7, 11) is 0. The van der Waals surface area contributed by atoms with E-state index in [0.717, 1.165) is 44.7 Å². The van der Waals surface area contributed by atoms with E-state index in [4.69, 9.17) is 0 Å². The first-order valence-electron chi connectivity index (χ1n) is 8.26. The predicted octanol–water partition coefficient (Wildman–Crippen LogP) is 0.402. The van der Waals surface area contributed by atoms with Gasteiger partial charge in [0.15, 0.2) is 6.54 Å². The van der Waals surface area contributed by atoms with Crippen LogP contribution in [0.5, 0.6) is 5.75 Å². The maximum Gasteiger partial charge on any atom is 0.275 e. The van der Waals surface area contributed by atoms with Crippen molar-refractivity contribution in [2.45, 2.75) is 32.7 Å². The van der Waals surface area contributed by atoms with E-state index in [1.165, 1.54) is 4.90 Å². The number of phenolic OH excluding ortho intramolecular Hbond substituents is 1. The lowest BCUT2D eigenvalue weighted by molar-refractivity contribution is -0.892. The molecular weight excluding hydrogens is 278 g/mol. The van der Waals surface area contributed by atoms with Crippen molar-refractivity contribution < 1.29 is 14.8 Å². The molecule has 1 aromatic carbocycles. The van der Waals surface area contributed by atoms with Crippen molar-refractivity contribution in [1.29, 1.82) is 0 Å². The van der Waals surface area contributed by atoms with Gasteiger partial charge in [-0.3, -0.25) is 4.79 Å². The molecule has 1 saturated heterocycles. The summed E-state index contributed by atoms with van der Waals surface area (Å²) in [6.07, 6.45) is 2.12. The number of carbonyl (C=O) groups is 1. The average molecular weight is 306 g/mol. The molecule has 1 amide bonds. The highest BCUT2D eigenvalue weighted by atomic mass is 16.3. The molecule has 122 valence electrons. The van der Waals surface area contributed by atoms with E-state index in [1.807, 2.05) is 18.2 Å². The van der Waals surface area contributed by atoms with Gasteiger partial charge in [-0.1, -0.05) is 25.5 Å². The third-order valence-corrected chi connectivity index (χ3v) is 4.23. The Labute approximate surface area is 132 Å². The third kappa shape index (κ3) is 4.63. The van der Waals surface area contributed by atoms with Crippen molar-refractivity contribution in [3.63, 3.8) is 0 Å². The lowest BCUT2D eigenvalue weighted by Gasteiger charge is -2.33. The molecule has 0 unspecified atom stereocenters. The van der Waals surface area contributed by atoms with Crippen LogP contribution in [-0.2, 0) is 4.79 Å². The zero-order valence-electron chi connectivity index (χ0n) is 13.6. The van der Waals surface area contributed by atoms with Gasteiger partial charge >= 0.3 is 0 Å². The summed E-state index contributed by atoms with van der Waals surface area (Å²) in [5, 5.41) is 13.0. The number of quaternary nitrogens is 1. The first-order valence-corrected chi connectivity index (χ1v) is 8.26. The number of phenols is 1. The predicted molar refractivity (Wildman–Crippen MR) is 88.4 cm³/mol. The summed E-state index contributed by atoms with van der Waals surface area (Å²) in [5.41, 5.74) is 0.891. The highest BCUT2D eigenvalue weighted by molar-refractivity contribution is 5.77. The zero-order chi connectivity index (χ0) is 15.9. The summed E-state index contributed by atoms with van der Waals surface area (Å²) in [5.74, 6) is 0.476. The lowest BCUT2D eigenvalue weighted by atomic mass is 10.2.